The van der Waals surface area contributed by atoms with Crippen molar-refractivity contribution in [1.29, 1.82) is 0 Å². The van der Waals surface area contributed by atoms with E-state index >= 15 is 0 Å². The van der Waals surface area contributed by atoms with E-state index in [4.69, 9.17) is 0 Å². The Morgan fingerprint density at radius 3 is 1.75 bits per heavy atom. The maximum absolute atomic E-state index is 10.7. The van der Waals surface area contributed by atoms with Gasteiger partial charge in [0.2, 0.25) is 0 Å². The molecular formula is C17H19N3O4. The molecule has 0 fully saturated rings. The lowest BCUT2D eigenvalue weighted by molar-refractivity contribution is -0.385. The monoisotopic (exact) mass is 329 g/mol. The van der Waals surface area contributed by atoms with Gasteiger partial charge in [-0.15, -0.1) is 0 Å². The molecule has 0 aliphatic carbocycles. The molecule has 2 aromatic carbocycles. The highest BCUT2D eigenvalue weighted by atomic mass is 16.6. The second-order valence-corrected chi connectivity index (χ2v) is 5.54. The van der Waals surface area contributed by atoms with Crippen LogP contribution in [-0.4, -0.2) is 15.9 Å². The normalized spacial score (nSPS) is 11.9. The van der Waals surface area contributed by atoms with Crippen LogP contribution in [0.5, 0.6) is 0 Å². The van der Waals surface area contributed by atoms with E-state index in [2.05, 4.69) is 12.2 Å². The first-order valence-electron chi connectivity index (χ1n) is 7.69. The lowest BCUT2D eigenvalue weighted by atomic mass is 10.0. The van der Waals surface area contributed by atoms with E-state index in [0.29, 0.717) is 6.54 Å². The summed E-state index contributed by atoms with van der Waals surface area (Å²) in [7, 11) is 0. The highest BCUT2D eigenvalue weighted by Gasteiger charge is 2.10. The standard InChI is InChI=1S/C17H19N3O4/c1-2-15(11-13-3-7-16(8-4-13)19(21)22)18-12-14-5-9-17(10-6-14)20(23)24/h3-10,15,18H,2,11-12H2,1H3. The molecule has 1 N–H and O–H groups in total. The smallest absolute Gasteiger partial charge is 0.269 e. The summed E-state index contributed by atoms with van der Waals surface area (Å²) in [4.78, 5) is 20.5. The van der Waals surface area contributed by atoms with Crippen LogP contribution in [0.4, 0.5) is 11.4 Å². The number of hydrogen-bond acceptors (Lipinski definition) is 5. The molecule has 0 saturated heterocycles. The average Bonchev–Trinajstić information content (AvgIpc) is 2.59. The zero-order valence-electron chi connectivity index (χ0n) is 13.3. The van der Waals surface area contributed by atoms with Gasteiger partial charge in [0.25, 0.3) is 11.4 Å². The van der Waals surface area contributed by atoms with E-state index in [1.807, 2.05) is 0 Å². The summed E-state index contributed by atoms with van der Waals surface area (Å²) in [6.07, 6.45) is 1.67. The maximum Gasteiger partial charge on any atom is 0.269 e. The second kappa shape index (κ2) is 8.16. The second-order valence-electron chi connectivity index (χ2n) is 5.54. The zero-order chi connectivity index (χ0) is 17.5. The van der Waals surface area contributed by atoms with Gasteiger partial charge in [0.15, 0.2) is 0 Å². The van der Waals surface area contributed by atoms with Crippen molar-refractivity contribution in [2.45, 2.75) is 32.4 Å². The Labute approximate surface area is 139 Å². The van der Waals surface area contributed by atoms with E-state index < -0.39 is 9.85 Å². The molecule has 7 heteroatoms. The first kappa shape index (κ1) is 17.6. The topological polar surface area (TPSA) is 98.3 Å². The summed E-state index contributed by atoms with van der Waals surface area (Å²) >= 11 is 0. The van der Waals surface area contributed by atoms with Gasteiger partial charge < -0.3 is 5.32 Å². The molecule has 24 heavy (non-hydrogen) atoms. The average molecular weight is 329 g/mol. The molecular weight excluding hydrogens is 310 g/mol. The Morgan fingerprint density at radius 1 is 0.875 bits per heavy atom. The predicted molar refractivity (Wildman–Crippen MR) is 90.8 cm³/mol. The summed E-state index contributed by atoms with van der Waals surface area (Å²) in [5.41, 5.74) is 2.17. The van der Waals surface area contributed by atoms with E-state index in [1.54, 1.807) is 24.3 Å². The van der Waals surface area contributed by atoms with Crippen LogP contribution in [0.3, 0.4) is 0 Å². The molecule has 0 saturated carbocycles. The number of hydrogen-bond donors (Lipinski definition) is 1. The van der Waals surface area contributed by atoms with Gasteiger partial charge in [0.05, 0.1) is 9.85 Å². The molecule has 0 heterocycles. The van der Waals surface area contributed by atoms with E-state index in [1.165, 1.54) is 24.3 Å². The van der Waals surface area contributed by atoms with Crippen LogP contribution >= 0.6 is 0 Å². The van der Waals surface area contributed by atoms with Gasteiger partial charge in [-0.25, -0.2) is 0 Å². The Hall–Kier alpha value is -2.80. The lowest BCUT2D eigenvalue weighted by Gasteiger charge is -2.17. The van der Waals surface area contributed by atoms with Crippen molar-refractivity contribution in [3.8, 4) is 0 Å². The molecule has 0 amide bonds. The van der Waals surface area contributed by atoms with Crippen LogP contribution in [0.15, 0.2) is 48.5 Å². The van der Waals surface area contributed by atoms with Crippen LogP contribution in [0.25, 0.3) is 0 Å². The number of nitro groups is 2. The number of non-ortho nitro benzene ring substituents is 2. The number of nitrogens with one attached hydrogen (secondary N) is 1. The zero-order valence-corrected chi connectivity index (χ0v) is 13.3. The van der Waals surface area contributed by atoms with Crippen molar-refractivity contribution in [2.75, 3.05) is 0 Å². The lowest BCUT2D eigenvalue weighted by Crippen LogP contribution is -2.30. The van der Waals surface area contributed by atoms with Gasteiger partial charge in [0.1, 0.15) is 0 Å². The SMILES string of the molecule is CCC(Cc1ccc([N+](=O)[O-])cc1)NCc1ccc([N+](=O)[O-])cc1. The van der Waals surface area contributed by atoms with Crippen LogP contribution in [0.2, 0.25) is 0 Å². The van der Waals surface area contributed by atoms with Crippen molar-refractivity contribution in [3.05, 3.63) is 79.9 Å². The largest absolute Gasteiger partial charge is 0.310 e. The fraction of sp³-hybridized carbons (Fsp3) is 0.294. The molecule has 0 bridgehead atoms. The Morgan fingerprint density at radius 2 is 1.33 bits per heavy atom. The van der Waals surface area contributed by atoms with E-state index in [9.17, 15) is 20.2 Å². The number of nitrogens with zero attached hydrogens (tertiary/aromatic N) is 2. The van der Waals surface area contributed by atoms with Crippen molar-refractivity contribution in [2.24, 2.45) is 0 Å². The minimum absolute atomic E-state index is 0.0803. The van der Waals surface area contributed by atoms with Gasteiger partial charge in [-0.1, -0.05) is 31.2 Å². The van der Waals surface area contributed by atoms with Crippen LogP contribution in [0, 0.1) is 20.2 Å². The van der Waals surface area contributed by atoms with Gasteiger partial charge in [0, 0.05) is 36.9 Å². The molecule has 126 valence electrons. The summed E-state index contributed by atoms with van der Waals surface area (Å²) in [5, 5.41) is 24.7. The Bertz CT molecular complexity index is 699. The number of nitro benzene ring substituents is 2. The Kier molecular flexibility index (Phi) is 5.97. The summed E-state index contributed by atoms with van der Waals surface area (Å²) < 4.78 is 0. The Balaban J connectivity index is 1.91. The fourth-order valence-electron chi connectivity index (χ4n) is 2.40. The third kappa shape index (κ3) is 4.85. The predicted octanol–water partition coefficient (Wildman–Crippen LogP) is 3.61. The molecule has 0 aliphatic rings. The maximum atomic E-state index is 10.7. The fourth-order valence-corrected chi connectivity index (χ4v) is 2.40. The minimum atomic E-state index is -0.416. The molecule has 2 aromatic rings. The molecule has 1 atom stereocenters. The van der Waals surface area contributed by atoms with Crippen LogP contribution < -0.4 is 5.32 Å². The van der Waals surface area contributed by atoms with Crippen molar-refractivity contribution < 1.29 is 9.85 Å². The molecule has 1 unspecified atom stereocenters. The number of benzene rings is 2. The van der Waals surface area contributed by atoms with Crippen molar-refractivity contribution >= 4 is 11.4 Å². The van der Waals surface area contributed by atoms with Gasteiger partial charge in [-0.3, -0.25) is 20.2 Å². The van der Waals surface area contributed by atoms with E-state index in [0.717, 1.165) is 24.0 Å². The van der Waals surface area contributed by atoms with Gasteiger partial charge >= 0.3 is 0 Å². The molecule has 0 spiro atoms. The van der Waals surface area contributed by atoms with Crippen LogP contribution in [-0.2, 0) is 13.0 Å². The van der Waals surface area contributed by atoms with Crippen LogP contribution in [0.1, 0.15) is 24.5 Å². The molecule has 0 radical (unpaired) electrons. The van der Waals surface area contributed by atoms with Gasteiger partial charge in [-0.2, -0.15) is 0 Å². The van der Waals surface area contributed by atoms with Crippen molar-refractivity contribution in [1.82, 2.24) is 5.32 Å². The molecule has 0 aliphatic heterocycles. The molecule has 2 rings (SSSR count). The van der Waals surface area contributed by atoms with Crippen molar-refractivity contribution in [3.63, 3.8) is 0 Å². The van der Waals surface area contributed by atoms with Gasteiger partial charge in [-0.05, 0) is 24.0 Å². The van der Waals surface area contributed by atoms with E-state index in [-0.39, 0.29) is 17.4 Å². The summed E-state index contributed by atoms with van der Waals surface area (Å²) in [6, 6.07) is 13.3. The first-order valence-corrected chi connectivity index (χ1v) is 7.69. The quantitative estimate of drug-likeness (QED) is 0.589. The first-order chi connectivity index (χ1) is 11.5. The third-order valence-corrected chi connectivity index (χ3v) is 3.86. The summed E-state index contributed by atoms with van der Waals surface area (Å²) in [6.45, 7) is 2.68. The third-order valence-electron chi connectivity index (χ3n) is 3.86. The highest BCUT2D eigenvalue weighted by Crippen LogP contribution is 2.15. The minimum Gasteiger partial charge on any atom is -0.310 e. The highest BCUT2D eigenvalue weighted by molar-refractivity contribution is 5.34. The number of rotatable bonds is 8. The molecule has 7 nitrogen and oxygen atoms in total. The molecule has 0 aromatic heterocycles. The summed E-state index contributed by atoms with van der Waals surface area (Å²) in [5.74, 6) is 0.